The lowest BCUT2D eigenvalue weighted by Gasteiger charge is -2.37. The van der Waals surface area contributed by atoms with Crippen LogP contribution in [-0.2, 0) is 16.6 Å². The molecule has 9 nitrogen and oxygen atoms in total. The maximum atomic E-state index is 13.0. The van der Waals surface area contributed by atoms with Crippen LogP contribution in [0.25, 0.3) is 0 Å². The Labute approximate surface area is 228 Å². The molecule has 2 fully saturated rings. The first-order chi connectivity index (χ1) is 18.3. The molecule has 38 heavy (non-hydrogen) atoms. The number of hydrogen-bond acceptors (Lipinski definition) is 7. The molecule has 0 aromatic heterocycles. The molecule has 0 radical (unpaired) electrons. The molecule has 0 bridgehead atoms. The molecule has 0 atom stereocenters. The van der Waals surface area contributed by atoms with Gasteiger partial charge in [-0.2, -0.15) is 4.31 Å². The fourth-order valence-electron chi connectivity index (χ4n) is 5.05. The van der Waals surface area contributed by atoms with Crippen molar-refractivity contribution in [2.75, 3.05) is 62.2 Å². The van der Waals surface area contributed by atoms with Crippen molar-refractivity contribution >= 4 is 38.7 Å². The summed E-state index contributed by atoms with van der Waals surface area (Å²) in [7, 11) is -3.61. The number of halogens is 1. The van der Waals surface area contributed by atoms with Crippen LogP contribution in [0.3, 0.4) is 0 Å². The molecule has 0 unspecified atom stereocenters. The number of sulfonamides is 1. The molecule has 0 N–H and O–H groups in total. The van der Waals surface area contributed by atoms with E-state index >= 15 is 0 Å². The number of nitro groups is 1. The number of nitro benzene ring substituents is 1. The van der Waals surface area contributed by atoms with Gasteiger partial charge in [0.1, 0.15) is 5.69 Å². The van der Waals surface area contributed by atoms with Crippen molar-refractivity contribution in [2.24, 2.45) is 0 Å². The summed E-state index contributed by atoms with van der Waals surface area (Å²) in [6.07, 6.45) is 0. The molecule has 0 saturated carbocycles. The fraction of sp³-hybridized carbons (Fsp3) is 0.333. The predicted octanol–water partition coefficient (Wildman–Crippen LogP) is 4.08. The zero-order valence-corrected chi connectivity index (χ0v) is 22.5. The van der Waals surface area contributed by atoms with E-state index in [0.717, 1.165) is 25.3 Å². The van der Waals surface area contributed by atoms with Gasteiger partial charge in [0.05, 0.1) is 9.82 Å². The van der Waals surface area contributed by atoms with Crippen molar-refractivity contribution in [2.45, 2.75) is 11.4 Å². The highest BCUT2D eigenvalue weighted by Crippen LogP contribution is 2.34. The first-order valence-electron chi connectivity index (χ1n) is 12.6. The number of nitrogens with zero attached hydrogens (tertiary/aromatic N) is 5. The average Bonchev–Trinajstić information content (AvgIpc) is 2.94. The third-order valence-corrected chi connectivity index (χ3v) is 9.34. The van der Waals surface area contributed by atoms with E-state index in [1.54, 1.807) is 24.3 Å². The van der Waals surface area contributed by atoms with E-state index in [4.69, 9.17) is 11.6 Å². The summed E-state index contributed by atoms with van der Waals surface area (Å²) in [5.74, 6) is 0. The van der Waals surface area contributed by atoms with E-state index in [0.29, 0.717) is 50.0 Å². The molecule has 0 spiro atoms. The van der Waals surface area contributed by atoms with Crippen LogP contribution in [0.1, 0.15) is 5.56 Å². The quantitative estimate of drug-likeness (QED) is 0.320. The Balaban J connectivity index is 1.26. The molecular weight excluding hydrogens is 526 g/mol. The van der Waals surface area contributed by atoms with Gasteiger partial charge in [0.2, 0.25) is 10.0 Å². The molecule has 11 heteroatoms. The highest BCUT2D eigenvalue weighted by molar-refractivity contribution is 7.89. The SMILES string of the molecule is O=[N+]([O-])c1ccc(N2CCN(S(=O)(=O)c3ccc(Cl)cc3)CC2)cc1N1CCN(Cc2ccccc2)CC1. The Kier molecular flexibility index (Phi) is 7.85. The van der Waals surface area contributed by atoms with E-state index < -0.39 is 10.0 Å². The van der Waals surface area contributed by atoms with Crippen LogP contribution in [0.15, 0.2) is 77.7 Å². The number of piperazine rings is 2. The summed E-state index contributed by atoms with van der Waals surface area (Å²) >= 11 is 5.91. The van der Waals surface area contributed by atoms with E-state index in [9.17, 15) is 18.5 Å². The Hall–Kier alpha value is -3.18. The summed E-state index contributed by atoms with van der Waals surface area (Å²) in [5.41, 5.74) is 2.82. The lowest BCUT2D eigenvalue weighted by molar-refractivity contribution is -0.384. The van der Waals surface area contributed by atoms with E-state index in [1.807, 2.05) is 24.3 Å². The monoisotopic (exact) mass is 555 g/mol. The summed E-state index contributed by atoms with van der Waals surface area (Å²) in [6, 6.07) is 21.7. The second-order valence-electron chi connectivity index (χ2n) is 9.52. The third kappa shape index (κ3) is 5.78. The Morgan fingerprint density at radius 3 is 2.05 bits per heavy atom. The smallest absolute Gasteiger partial charge is 0.292 e. The molecule has 2 aliphatic rings. The average molecular weight is 556 g/mol. The van der Waals surface area contributed by atoms with Crippen molar-refractivity contribution < 1.29 is 13.3 Å². The molecule has 0 aliphatic carbocycles. The zero-order chi connectivity index (χ0) is 26.7. The van der Waals surface area contributed by atoms with Crippen molar-refractivity contribution in [1.29, 1.82) is 0 Å². The highest BCUT2D eigenvalue weighted by Gasteiger charge is 2.30. The fourth-order valence-corrected chi connectivity index (χ4v) is 6.60. The van der Waals surface area contributed by atoms with Gasteiger partial charge in [-0.25, -0.2) is 8.42 Å². The van der Waals surface area contributed by atoms with Crippen LogP contribution in [0.2, 0.25) is 5.02 Å². The van der Waals surface area contributed by atoms with Gasteiger partial charge in [-0.1, -0.05) is 41.9 Å². The predicted molar refractivity (Wildman–Crippen MR) is 149 cm³/mol. The van der Waals surface area contributed by atoms with Gasteiger partial charge < -0.3 is 9.80 Å². The van der Waals surface area contributed by atoms with Crippen LogP contribution in [0.5, 0.6) is 0 Å². The van der Waals surface area contributed by atoms with E-state index in [-0.39, 0.29) is 15.5 Å². The molecule has 0 amide bonds. The molecular formula is C27H30ClN5O4S. The van der Waals surface area contributed by atoms with E-state index in [2.05, 4.69) is 26.8 Å². The summed E-state index contributed by atoms with van der Waals surface area (Å²) in [4.78, 5) is 18.3. The molecule has 3 aromatic rings. The van der Waals surface area contributed by atoms with Crippen molar-refractivity contribution in [3.8, 4) is 0 Å². The highest BCUT2D eigenvalue weighted by atomic mass is 35.5. The molecule has 2 saturated heterocycles. The molecule has 200 valence electrons. The summed E-state index contributed by atoms with van der Waals surface area (Å²) < 4.78 is 27.6. The maximum Gasteiger partial charge on any atom is 0.292 e. The second-order valence-corrected chi connectivity index (χ2v) is 11.9. The number of anilines is 2. The molecule has 2 aliphatic heterocycles. The Morgan fingerprint density at radius 2 is 1.42 bits per heavy atom. The number of rotatable bonds is 7. The van der Waals surface area contributed by atoms with Crippen LogP contribution >= 0.6 is 11.6 Å². The Morgan fingerprint density at radius 1 is 0.789 bits per heavy atom. The number of hydrogen-bond donors (Lipinski definition) is 0. The largest absolute Gasteiger partial charge is 0.369 e. The first kappa shape index (κ1) is 26.4. The second kappa shape index (κ2) is 11.3. The lowest BCUT2D eigenvalue weighted by Crippen LogP contribution is -2.49. The van der Waals surface area contributed by atoms with Gasteiger partial charge in [0.15, 0.2) is 0 Å². The molecule has 5 rings (SSSR count). The minimum absolute atomic E-state index is 0.0919. The standard InChI is InChI=1S/C27H30ClN5O4S/c28-23-6-9-25(10-7-23)38(36,37)32-18-16-30(17-19-32)24-8-11-26(33(34)35)27(20-24)31-14-12-29(13-15-31)21-22-4-2-1-3-5-22/h1-11,20H,12-19,21H2. The van der Waals surface area contributed by atoms with Crippen molar-refractivity contribution in [1.82, 2.24) is 9.21 Å². The first-order valence-corrected chi connectivity index (χ1v) is 14.4. The van der Waals surface area contributed by atoms with Crippen LogP contribution < -0.4 is 9.80 Å². The van der Waals surface area contributed by atoms with Gasteiger partial charge in [-0.15, -0.1) is 0 Å². The van der Waals surface area contributed by atoms with Crippen molar-refractivity contribution in [3.05, 3.63) is 93.5 Å². The van der Waals surface area contributed by atoms with Gasteiger partial charge in [-0.3, -0.25) is 15.0 Å². The number of benzene rings is 3. The zero-order valence-electron chi connectivity index (χ0n) is 20.9. The van der Waals surface area contributed by atoms with E-state index in [1.165, 1.54) is 22.0 Å². The normalized spacial score (nSPS) is 17.5. The van der Waals surface area contributed by atoms with Gasteiger partial charge in [0.25, 0.3) is 5.69 Å². The Bertz CT molecular complexity index is 1370. The summed E-state index contributed by atoms with van der Waals surface area (Å²) in [6.45, 7) is 5.54. The maximum absolute atomic E-state index is 13.0. The molecule has 3 aromatic carbocycles. The van der Waals surface area contributed by atoms with Gasteiger partial charge >= 0.3 is 0 Å². The van der Waals surface area contributed by atoms with Gasteiger partial charge in [-0.05, 0) is 42.0 Å². The minimum Gasteiger partial charge on any atom is -0.369 e. The van der Waals surface area contributed by atoms with Gasteiger partial charge in [0, 0.05) is 75.7 Å². The van der Waals surface area contributed by atoms with Crippen molar-refractivity contribution in [3.63, 3.8) is 0 Å². The summed E-state index contributed by atoms with van der Waals surface area (Å²) in [5, 5.41) is 12.3. The third-order valence-electron chi connectivity index (χ3n) is 7.17. The van der Waals surface area contributed by atoms with Crippen LogP contribution in [0, 0.1) is 10.1 Å². The minimum atomic E-state index is -3.61. The topological polar surface area (TPSA) is 90.2 Å². The lowest BCUT2D eigenvalue weighted by atomic mass is 10.1. The molecule has 2 heterocycles. The van der Waals surface area contributed by atoms with Crippen LogP contribution in [0.4, 0.5) is 17.1 Å². The van der Waals surface area contributed by atoms with Crippen LogP contribution in [-0.4, -0.2) is 74.9 Å².